The highest BCUT2D eigenvalue weighted by Gasteiger charge is 2.45. The lowest BCUT2D eigenvalue weighted by Crippen LogP contribution is -2.50. The summed E-state index contributed by atoms with van der Waals surface area (Å²) in [5.41, 5.74) is 8.07. The zero-order valence-electron chi connectivity index (χ0n) is 13.2. The summed E-state index contributed by atoms with van der Waals surface area (Å²) in [6.07, 6.45) is 1.77. The molecular weight excluding hydrogens is 328 g/mol. The van der Waals surface area contributed by atoms with Crippen molar-refractivity contribution in [3.05, 3.63) is 28.2 Å². The Bertz CT molecular complexity index is 542. The van der Waals surface area contributed by atoms with Crippen LogP contribution in [0.4, 0.5) is 5.69 Å². The van der Waals surface area contributed by atoms with Crippen LogP contribution in [0.3, 0.4) is 0 Å². The summed E-state index contributed by atoms with van der Waals surface area (Å²) in [5, 5.41) is 3.09. The Labute approximate surface area is 135 Å². The molecule has 0 heterocycles. The van der Waals surface area contributed by atoms with Gasteiger partial charge in [-0.05, 0) is 64.7 Å². The molecule has 0 aliphatic heterocycles. The first-order chi connectivity index (χ1) is 9.73. The van der Waals surface area contributed by atoms with Gasteiger partial charge in [-0.3, -0.25) is 4.79 Å². The van der Waals surface area contributed by atoms with Gasteiger partial charge in [0.25, 0.3) is 0 Å². The number of amides is 1. The lowest BCUT2D eigenvalue weighted by atomic mass is 9.61. The summed E-state index contributed by atoms with van der Waals surface area (Å²) in [7, 11) is 0. The fourth-order valence-corrected chi connectivity index (χ4v) is 3.62. The highest BCUT2D eigenvalue weighted by Crippen LogP contribution is 2.45. The minimum absolute atomic E-state index is 0.000266. The number of benzene rings is 1. The zero-order chi connectivity index (χ0) is 15.8. The molecule has 1 aromatic rings. The fraction of sp³-hybridized carbons (Fsp3) is 0.588. The second kappa shape index (κ2) is 6.09. The number of rotatable bonds is 2. The Morgan fingerprint density at radius 1 is 1.38 bits per heavy atom. The fourth-order valence-electron chi connectivity index (χ4n) is 3.27. The Hall–Kier alpha value is -0.870. The monoisotopic (exact) mass is 352 g/mol. The first-order valence-electron chi connectivity index (χ1n) is 7.56. The molecule has 1 saturated carbocycles. The van der Waals surface area contributed by atoms with Crippen molar-refractivity contribution in [1.82, 2.24) is 0 Å². The van der Waals surface area contributed by atoms with Crippen LogP contribution in [0.1, 0.15) is 39.2 Å². The van der Waals surface area contributed by atoms with E-state index in [1.54, 1.807) is 0 Å². The molecule has 0 aromatic heterocycles. The molecule has 1 aliphatic carbocycles. The number of hydrogen-bond donors (Lipinski definition) is 2. The van der Waals surface area contributed by atoms with Crippen LogP contribution in [-0.2, 0) is 4.79 Å². The number of anilines is 1. The average molecular weight is 353 g/mol. The summed E-state index contributed by atoms with van der Waals surface area (Å²) in [6.45, 7) is 8.50. The van der Waals surface area contributed by atoms with E-state index in [9.17, 15) is 4.79 Å². The summed E-state index contributed by atoms with van der Waals surface area (Å²) in [5.74, 6) is 0.438. The molecule has 2 rings (SSSR count). The summed E-state index contributed by atoms with van der Waals surface area (Å²) in [6, 6.07) is 6.17. The van der Waals surface area contributed by atoms with Crippen LogP contribution >= 0.6 is 15.9 Å². The van der Waals surface area contributed by atoms with E-state index in [1.807, 2.05) is 25.1 Å². The number of carbonyl (C=O) groups excluding carboxylic acids is 1. The Balaban J connectivity index is 2.18. The van der Waals surface area contributed by atoms with Gasteiger partial charge in [-0.15, -0.1) is 0 Å². The van der Waals surface area contributed by atoms with Crippen molar-refractivity contribution in [2.75, 3.05) is 5.32 Å². The predicted molar refractivity (Wildman–Crippen MR) is 91.2 cm³/mol. The van der Waals surface area contributed by atoms with Gasteiger partial charge >= 0.3 is 0 Å². The van der Waals surface area contributed by atoms with Gasteiger partial charge < -0.3 is 11.1 Å². The standard InChI is InChI=1S/C17H25BrN2O/c1-10-5-7-13(18)15(9-10)20-16(21)12-6-8-14(19)11(2)17(12,3)4/h5,7,9,11-12,14H,6,8,19H2,1-4H3,(H,20,21). The van der Waals surface area contributed by atoms with E-state index in [4.69, 9.17) is 5.73 Å². The van der Waals surface area contributed by atoms with E-state index >= 15 is 0 Å². The molecule has 0 spiro atoms. The van der Waals surface area contributed by atoms with Gasteiger partial charge in [0.15, 0.2) is 0 Å². The molecule has 3 unspecified atom stereocenters. The molecule has 4 heteroatoms. The Morgan fingerprint density at radius 3 is 2.71 bits per heavy atom. The Kier molecular flexibility index (Phi) is 4.79. The van der Waals surface area contributed by atoms with Gasteiger partial charge in [0.1, 0.15) is 0 Å². The highest BCUT2D eigenvalue weighted by atomic mass is 79.9. The molecule has 1 amide bonds. The molecule has 116 valence electrons. The maximum atomic E-state index is 12.7. The number of hydrogen-bond acceptors (Lipinski definition) is 2. The van der Waals surface area contributed by atoms with Crippen molar-refractivity contribution in [3.8, 4) is 0 Å². The van der Waals surface area contributed by atoms with Crippen molar-refractivity contribution in [3.63, 3.8) is 0 Å². The van der Waals surface area contributed by atoms with Gasteiger partial charge in [-0.25, -0.2) is 0 Å². The quantitative estimate of drug-likeness (QED) is 0.841. The van der Waals surface area contributed by atoms with Crippen LogP contribution in [0.25, 0.3) is 0 Å². The number of nitrogens with one attached hydrogen (secondary N) is 1. The number of nitrogens with two attached hydrogens (primary N) is 1. The van der Waals surface area contributed by atoms with E-state index in [1.165, 1.54) is 0 Å². The number of carbonyl (C=O) groups is 1. The van der Waals surface area contributed by atoms with Crippen LogP contribution in [0, 0.1) is 24.2 Å². The van der Waals surface area contributed by atoms with Crippen molar-refractivity contribution in [2.24, 2.45) is 23.0 Å². The molecule has 3 nitrogen and oxygen atoms in total. The number of aryl methyl sites for hydroxylation is 1. The summed E-state index contributed by atoms with van der Waals surface area (Å²) >= 11 is 3.50. The largest absolute Gasteiger partial charge is 0.327 e. The molecule has 1 fully saturated rings. The molecule has 0 radical (unpaired) electrons. The number of halogens is 1. The lowest BCUT2D eigenvalue weighted by Gasteiger charge is -2.46. The van der Waals surface area contributed by atoms with Crippen LogP contribution in [-0.4, -0.2) is 11.9 Å². The molecular formula is C17H25BrN2O. The third kappa shape index (κ3) is 3.32. The zero-order valence-corrected chi connectivity index (χ0v) is 14.8. The molecule has 0 saturated heterocycles. The van der Waals surface area contributed by atoms with Gasteiger partial charge in [0.05, 0.1) is 5.69 Å². The van der Waals surface area contributed by atoms with Crippen molar-refractivity contribution >= 4 is 27.5 Å². The highest BCUT2D eigenvalue weighted by molar-refractivity contribution is 9.10. The van der Waals surface area contributed by atoms with E-state index in [0.29, 0.717) is 5.92 Å². The Morgan fingerprint density at radius 2 is 2.05 bits per heavy atom. The molecule has 21 heavy (non-hydrogen) atoms. The lowest BCUT2D eigenvalue weighted by molar-refractivity contribution is -0.127. The summed E-state index contributed by atoms with van der Waals surface area (Å²) in [4.78, 5) is 12.7. The van der Waals surface area contributed by atoms with E-state index in [0.717, 1.165) is 28.6 Å². The molecule has 1 aromatic carbocycles. The SMILES string of the molecule is Cc1ccc(Br)c(NC(=O)C2CCC(N)C(C)C2(C)C)c1. The molecule has 1 aliphatic rings. The second-order valence-electron chi connectivity index (χ2n) is 6.88. The van der Waals surface area contributed by atoms with E-state index in [2.05, 4.69) is 42.0 Å². The first-order valence-corrected chi connectivity index (χ1v) is 8.35. The molecule has 3 N–H and O–H groups in total. The van der Waals surface area contributed by atoms with Crippen molar-refractivity contribution in [1.29, 1.82) is 0 Å². The van der Waals surface area contributed by atoms with Gasteiger partial charge in [0.2, 0.25) is 5.91 Å². The topological polar surface area (TPSA) is 55.1 Å². The maximum absolute atomic E-state index is 12.7. The van der Waals surface area contributed by atoms with Crippen LogP contribution < -0.4 is 11.1 Å². The van der Waals surface area contributed by atoms with Gasteiger partial charge in [0, 0.05) is 16.4 Å². The van der Waals surface area contributed by atoms with Crippen LogP contribution in [0.2, 0.25) is 0 Å². The second-order valence-corrected chi connectivity index (χ2v) is 7.73. The average Bonchev–Trinajstić information content (AvgIpc) is 2.40. The predicted octanol–water partition coefficient (Wildman–Crippen LogP) is 4.10. The molecule has 0 bridgehead atoms. The van der Waals surface area contributed by atoms with E-state index < -0.39 is 0 Å². The minimum atomic E-state index is -0.0853. The van der Waals surface area contributed by atoms with Crippen molar-refractivity contribution < 1.29 is 4.79 Å². The van der Waals surface area contributed by atoms with Crippen LogP contribution in [0.5, 0.6) is 0 Å². The minimum Gasteiger partial charge on any atom is -0.327 e. The third-order valence-corrected chi connectivity index (χ3v) is 5.89. The van der Waals surface area contributed by atoms with Crippen molar-refractivity contribution in [2.45, 2.75) is 46.6 Å². The molecule has 3 atom stereocenters. The smallest absolute Gasteiger partial charge is 0.228 e. The van der Waals surface area contributed by atoms with Gasteiger partial charge in [-0.2, -0.15) is 0 Å². The first kappa shape index (κ1) is 16.5. The normalized spacial score (nSPS) is 28.2. The van der Waals surface area contributed by atoms with Crippen LogP contribution in [0.15, 0.2) is 22.7 Å². The third-order valence-electron chi connectivity index (χ3n) is 5.20. The van der Waals surface area contributed by atoms with E-state index in [-0.39, 0.29) is 23.3 Å². The summed E-state index contributed by atoms with van der Waals surface area (Å²) < 4.78 is 0.916. The maximum Gasteiger partial charge on any atom is 0.228 e. The van der Waals surface area contributed by atoms with Gasteiger partial charge in [-0.1, -0.05) is 26.8 Å².